The smallest absolute Gasteiger partial charge is 0.0711 e. The van der Waals surface area contributed by atoms with Crippen molar-refractivity contribution in [2.75, 3.05) is 0 Å². The number of rotatable bonds is 2. The third-order valence-corrected chi connectivity index (χ3v) is 6.22. The van der Waals surface area contributed by atoms with Gasteiger partial charge in [-0.15, -0.1) is 0 Å². The molecule has 0 N–H and O–H groups in total. The molecule has 0 bridgehead atoms. The molecule has 12 heavy (non-hydrogen) atoms. The molecule has 0 saturated heterocycles. The molecule has 1 rings (SSSR count). The number of halogens is 4. The van der Waals surface area contributed by atoms with Crippen molar-refractivity contribution in [2.45, 2.75) is 45.0 Å². The van der Waals surface area contributed by atoms with Gasteiger partial charge in [-0.05, 0) is 19.3 Å². The van der Waals surface area contributed by atoms with E-state index in [1.165, 1.54) is 25.7 Å². The summed E-state index contributed by atoms with van der Waals surface area (Å²) >= 11 is 14.7. The van der Waals surface area contributed by atoms with E-state index in [1.807, 2.05) is 0 Å². The lowest BCUT2D eigenvalue weighted by Crippen LogP contribution is -2.36. The Hall–Kier alpha value is 1.92. The molecule has 2 unspecified atom stereocenters. The Labute approximate surface area is 108 Å². The largest absolute Gasteiger partial charge is 0.0875 e. The summed E-state index contributed by atoms with van der Waals surface area (Å²) in [7, 11) is 0. The van der Waals surface area contributed by atoms with Crippen LogP contribution >= 0.6 is 63.7 Å². The van der Waals surface area contributed by atoms with E-state index in [9.17, 15) is 0 Å². The highest BCUT2D eigenvalue weighted by Gasteiger charge is 2.37. The molecule has 1 saturated carbocycles. The first-order chi connectivity index (χ1) is 5.54. The maximum Gasteiger partial charge on any atom is 0.0711 e. The van der Waals surface area contributed by atoms with Gasteiger partial charge in [0, 0.05) is 9.15 Å². The zero-order chi connectivity index (χ0) is 9.19. The van der Waals surface area contributed by atoms with Crippen LogP contribution in [0.5, 0.6) is 0 Å². The molecule has 72 valence electrons. The summed E-state index contributed by atoms with van der Waals surface area (Å²) in [4.78, 5) is 0.622. The minimum Gasteiger partial charge on any atom is -0.0875 e. The maximum atomic E-state index is 3.85. The van der Waals surface area contributed by atoms with Gasteiger partial charge in [-0.1, -0.05) is 76.6 Å². The van der Waals surface area contributed by atoms with Gasteiger partial charge < -0.3 is 0 Å². The lowest BCUT2D eigenvalue weighted by atomic mass is 9.87. The van der Waals surface area contributed by atoms with Crippen LogP contribution in [-0.2, 0) is 0 Å². The molecular formula is C8H12Br4. The lowest BCUT2D eigenvalue weighted by molar-refractivity contribution is 0.413. The van der Waals surface area contributed by atoms with Crippen LogP contribution in [-0.4, -0.2) is 12.9 Å². The van der Waals surface area contributed by atoms with Gasteiger partial charge in [-0.2, -0.15) is 0 Å². The molecular weight excluding hydrogens is 416 g/mol. The van der Waals surface area contributed by atoms with E-state index < -0.39 is 0 Å². The van der Waals surface area contributed by atoms with Crippen molar-refractivity contribution in [3.05, 3.63) is 0 Å². The molecule has 0 radical (unpaired) electrons. The molecule has 1 aliphatic rings. The summed E-state index contributed by atoms with van der Waals surface area (Å²) in [6, 6.07) is 0. The first-order valence-electron chi connectivity index (χ1n) is 4.16. The Morgan fingerprint density at radius 1 is 1.33 bits per heavy atom. The minimum absolute atomic E-state index is 0.295. The fourth-order valence-electron chi connectivity index (χ4n) is 1.64. The van der Waals surface area contributed by atoms with Crippen molar-refractivity contribution in [3.63, 3.8) is 0 Å². The number of hydrogen-bond donors (Lipinski definition) is 0. The van der Waals surface area contributed by atoms with Gasteiger partial charge in [0.15, 0.2) is 0 Å². The Morgan fingerprint density at radius 2 is 2.00 bits per heavy atom. The molecule has 0 nitrogen and oxygen atoms in total. The van der Waals surface area contributed by atoms with E-state index in [2.05, 4.69) is 63.7 Å². The van der Waals surface area contributed by atoms with Gasteiger partial charge in [-0.25, -0.2) is 0 Å². The molecule has 2 atom stereocenters. The maximum absolute atomic E-state index is 3.85. The predicted molar refractivity (Wildman–Crippen MR) is 69.1 cm³/mol. The van der Waals surface area contributed by atoms with Crippen LogP contribution in [0.15, 0.2) is 0 Å². The summed E-state index contributed by atoms with van der Waals surface area (Å²) in [6.07, 6.45) is 6.40. The zero-order valence-corrected chi connectivity index (χ0v) is 13.0. The average molecular weight is 428 g/mol. The van der Waals surface area contributed by atoms with Gasteiger partial charge in [0.05, 0.1) is 3.74 Å². The molecule has 0 aromatic carbocycles. The minimum atomic E-state index is 0.295. The topological polar surface area (TPSA) is 0 Å². The summed E-state index contributed by atoms with van der Waals surface area (Å²) in [6.45, 7) is 0. The molecule has 1 fully saturated rings. The fourth-order valence-corrected chi connectivity index (χ4v) is 5.24. The van der Waals surface area contributed by atoms with Gasteiger partial charge in [0.2, 0.25) is 0 Å². The molecule has 0 aromatic heterocycles. The number of hydrogen-bond acceptors (Lipinski definition) is 0. The predicted octanol–water partition coefficient (Wildman–Crippen LogP) is 4.96. The quantitative estimate of drug-likeness (QED) is 0.546. The highest BCUT2D eigenvalue weighted by molar-refractivity contribution is 9.24. The Bertz CT molecular complexity index is 148. The van der Waals surface area contributed by atoms with Gasteiger partial charge in [-0.3, -0.25) is 0 Å². The summed E-state index contributed by atoms with van der Waals surface area (Å²) in [5.74, 6) is 0. The van der Waals surface area contributed by atoms with Gasteiger partial charge in [0.1, 0.15) is 0 Å². The van der Waals surface area contributed by atoms with Crippen LogP contribution in [0.2, 0.25) is 0 Å². The molecule has 0 aliphatic heterocycles. The Kier molecular flexibility index (Phi) is 5.12. The fraction of sp³-hybridized carbons (Fsp3) is 1.00. The summed E-state index contributed by atoms with van der Waals surface area (Å²) < 4.78 is 0.714. The molecule has 0 amide bonds. The zero-order valence-electron chi connectivity index (χ0n) is 6.70. The summed E-state index contributed by atoms with van der Waals surface area (Å²) in [5.41, 5.74) is 0. The third-order valence-electron chi connectivity index (χ3n) is 2.35. The van der Waals surface area contributed by atoms with E-state index >= 15 is 0 Å². The monoisotopic (exact) mass is 424 g/mol. The van der Waals surface area contributed by atoms with E-state index in [0.717, 1.165) is 6.42 Å². The lowest BCUT2D eigenvalue weighted by Gasteiger charge is -2.37. The second-order valence-electron chi connectivity index (χ2n) is 3.34. The highest BCUT2D eigenvalue weighted by atomic mass is 79.9. The highest BCUT2D eigenvalue weighted by Crippen LogP contribution is 2.45. The van der Waals surface area contributed by atoms with Crippen molar-refractivity contribution in [1.29, 1.82) is 0 Å². The van der Waals surface area contributed by atoms with Crippen LogP contribution in [0.3, 0.4) is 0 Å². The standard InChI is InChI=1S/C8H12Br4/c9-6-3-1-2-4-8(6,12)5-7(10)11/h6-7H,1-5H2. The second-order valence-corrected chi connectivity index (χ2v) is 9.47. The van der Waals surface area contributed by atoms with Crippen LogP contribution in [0.25, 0.3) is 0 Å². The molecule has 0 heterocycles. The van der Waals surface area contributed by atoms with Gasteiger partial charge >= 0.3 is 0 Å². The Morgan fingerprint density at radius 3 is 2.50 bits per heavy atom. The van der Waals surface area contributed by atoms with Crippen molar-refractivity contribution >= 4 is 63.7 Å². The van der Waals surface area contributed by atoms with E-state index in [0.29, 0.717) is 12.9 Å². The molecule has 4 heteroatoms. The van der Waals surface area contributed by atoms with Crippen molar-refractivity contribution in [2.24, 2.45) is 0 Å². The van der Waals surface area contributed by atoms with E-state index in [-0.39, 0.29) is 0 Å². The van der Waals surface area contributed by atoms with Crippen molar-refractivity contribution in [3.8, 4) is 0 Å². The van der Waals surface area contributed by atoms with Gasteiger partial charge in [0.25, 0.3) is 0 Å². The third kappa shape index (κ3) is 3.25. The molecule has 0 spiro atoms. The Balaban J connectivity index is 2.53. The summed E-state index contributed by atoms with van der Waals surface area (Å²) in [5, 5.41) is 0. The molecule has 1 aliphatic carbocycles. The van der Waals surface area contributed by atoms with E-state index in [4.69, 9.17) is 0 Å². The van der Waals surface area contributed by atoms with Crippen molar-refractivity contribution < 1.29 is 0 Å². The first-order valence-corrected chi connectivity index (χ1v) is 7.70. The van der Waals surface area contributed by atoms with Crippen LogP contribution < -0.4 is 0 Å². The van der Waals surface area contributed by atoms with Crippen LogP contribution in [0.1, 0.15) is 32.1 Å². The van der Waals surface area contributed by atoms with Crippen molar-refractivity contribution in [1.82, 2.24) is 0 Å². The SMILES string of the molecule is BrC(Br)CC1(Br)CCCCC1Br. The van der Waals surface area contributed by atoms with Crippen LogP contribution in [0.4, 0.5) is 0 Å². The van der Waals surface area contributed by atoms with Crippen LogP contribution in [0, 0.1) is 0 Å². The second kappa shape index (κ2) is 5.13. The average Bonchev–Trinajstić information content (AvgIpc) is 1.94. The molecule has 0 aromatic rings. The normalized spacial score (nSPS) is 37.2. The first kappa shape index (κ1) is 12.0. The van der Waals surface area contributed by atoms with E-state index in [1.54, 1.807) is 0 Å². The number of alkyl halides is 4.